The lowest BCUT2D eigenvalue weighted by Gasteiger charge is -2.21. The van der Waals surface area contributed by atoms with Crippen LogP contribution in [0.4, 0.5) is 26.7 Å². The molecule has 0 aromatic carbocycles. The third kappa shape index (κ3) is 23.4. The lowest BCUT2D eigenvalue weighted by atomic mass is 10.1. The zero-order valence-electron chi connectivity index (χ0n) is 42.8. The molecule has 0 spiro atoms. The topological polar surface area (TPSA) is 299 Å². The molecular formula is C51H65BrN10O9S3. The Morgan fingerprint density at radius 1 is 0.676 bits per heavy atom. The van der Waals surface area contributed by atoms with Crippen LogP contribution in [0.1, 0.15) is 102 Å². The number of amidine groups is 3. The molecule has 6 rings (SSSR count). The Morgan fingerprint density at radius 2 is 1.12 bits per heavy atom. The van der Waals surface area contributed by atoms with E-state index in [0.717, 1.165) is 54.9 Å². The van der Waals surface area contributed by atoms with Gasteiger partial charge in [0.25, 0.3) is 5.91 Å². The second-order valence-corrected chi connectivity index (χ2v) is 22.3. The van der Waals surface area contributed by atoms with Gasteiger partial charge in [-0.25, -0.2) is 34.2 Å². The molecule has 3 aliphatic heterocycles. The predicted octanol–water partition coefficient (Wildman–Crippen LogP) is 8.78. The normalized spacial score (nSPS) is 13.3. The zero-order valence-corrected chi connectivity index (χ0v) is 46.8. The molecule has 11 N–H and O–H groups in total. The first-order valence-electron chi connectivity index (χ1n) is 23.2. The highest BCUT2D eigenvalue weighted by Crippen LogP contribution is 2.37. The van der Waals surface area contributed by atoms with Gasteiger partial charge in [-0.05, 0) is 124 Å². The van der Waals surface area contributed by atoms with Crippen LogP contribution < -0.4 is 33.2 Å². The van der Waals surface area contributed by atoms with Crippen molar-refractivity contribution in [2.24, 2.45) is 32.2 Å². The summed E-state index contributed by atoms with van der Waals surface area (Å²) in [4.78, 5) is 74.5. The van der Waals surface area contributed by atoms with E-state index in [1.165, 1.54) is 34.0 Å². The molecule has 3 amide bonds. The molecular weight excluding hydrogens is 1070 g/mol. The average molecular weight is 1140 g/mol. The van der Waals surface area contributed by atoms with Gasteiger partial charge in [-0.15, -0.1) is 34.0 Å². The molecule has 0 bridgehead atoms. The summed E-state index contributed by atoms with van der Waals surface area (Å²) in [5.41, 5.74) is 19.6. The number of ether oxygens (including phenoxy) is 2. The van der Waals surface area contributed by atoms with E-state index >= 15 is 0 Å². The smallest absolute Gasteiger partial charge is 0.408 e. The molecule has 6 heterocycles. The fourth-order valence-electron chi connectivity index (χ4n) is 6.05. The van der Waals surface area contributed by atoms with Gasteiger partial charge in [-0.3, -0.25) is 4.79 Å². The van der Waals surface area contributed by atoms with Gasteiger partial charge in [0.1, 0.15) is 28.7 Å². The third-order valence-corrected chi connectivity index (χ3v) is 12.4. The number of aliphatic imine (C=N–C) groups is 3. The molecule has 0 radical (unpaired) electrons. The summed E-state index contributed by atoms with van der Waals surface area (Å²) in [5.74, 6) is 10.7. The van der Waals surface area contributed by atoms with Gasteiger partial charge in [0.05, 0.1) is 61.7 Å². The van der Waals surface area contributed by atoms with E-state index in [0.29, 0.717) is 49.1 Å². The largest absolute Gasteiger partial charge is 0.478 e. The van der Waals surface area contributed by atoms with Crippen LogP contribution in [0.3, 0.4) is 0 Å². The van der Waals surface area contributed by atoms with Crippen LogP contribution in [0.15, 0.2) is 64.4 Å². The Balaban J connectivity index is 0.000000275. The first-order chi connectivity index (χ1) is 34.9. The number of alkyl carbamates (subject to hydrolysis) is 2. The number of nitrogens with zero attached hydrogens (tertiary/aromatic N) is 4. The number of carbonyl (C=O) groups is 5. The number of fused-ring (bicyclic) bond motifs is 3. The van der Waals surface area contributed by atoms with E-state index in [4.69, 9.17) is 36.9 Å². The summed E-state index contributed by atoms with van der Waals surface area (Å²) in [5, 5.41) is 29.9. The zero-order chi connectivity index (χ0) is 55.0. The number of hydrogen-bond acceptors (Lipinski definition) is 17. The van der Waals surface area contributed by atoms with Crippen molar-refractivity contribution in [3.8, 4) is 23.7 Å². The van der Waals surface area contributed by atoms with Gasteiger partial charge in [-0.1, -0.05) is 37.5 Å². The second kappa shape index (κ2) is 30.4. The average Bonchev–Trinajstić information content (AvgIpc) is 3.93. The van der Waals surface area contributed by atoms with Gasteiger partial charge >= 0.3 is 24.1 Å². The van der Waals surface area contributed by atoms with Crippen molar-refractivity contribution >= 4 is 133 Å². The van der Waals surface area contributed by atoms with Crippen LogP contribution in [-0.2, 0) is 23.9 Å². The molecule has 3 aliphatic rings. The van der Waals surface area contributed by atoms with Crippen LogP contribution in [-0.4, -0.2) is 113 Å². The molecule has 0 atom stereocenters. The molecule has 74 heavy (non-hydrogen) atoms. The van der Waals surface area contributed by atoms with Crippen molar-refractivity contribution in [1.29, 1.82) is 0 Å². The number of amides is 3. The molecule has 0 saturated carbocycles. The SMILES string of the molecule is CCCN(CC#CCNC(=O)OC(C)(C)C)C(=O)C1=Cc2sccc2N=C(N)C1.CCCNCC#CCNC(=O)OC(C)(C)C.NC1=Nc2cc(Br)sc2C=C(C(=O)O)C1.NC1=Nc2ccsc2C=C(C(=O)O)C1. The van der Waals surface area contributed by atoms with Crippen LogP contribution in [0.25, 0.3) is 18.2 Å². The van der Waals surface area contributed by atoms with Crippen LogP contribution in [0, 0.1) is 23.7 Å². The Bertz CT molecular complexity index is 2790. The lowest BCUT2D eigenvalue weighted by molar-refractivity contribution is -0.133. The standard InChI is InChI=1S/C21H28N4O3S.C12H22N2O2.C9H7BrN2O2S.C9H8N2O2S/c1-5-10-25(11-7-6-9-23-20(27)28-21(2,3)4)19(26)15-13-17-16(8-12-29-17)24-18(22)14-15;1-5-8-13-9-6-7-10-14-11(15)16-12(2,3)4;10-7-3-5-6(15-7)1-4(9(13)14)2-8(11)12-5;10-8-4-5(9(12)13)3-7-6(11-8)1-2-14-7/h8,12-13H,5,9-11,14H2,1-4H3,(H2,22,24)(H,23,27);13H,5,8-10H2,1-4H3,(H,14,15);1,3H,2H2,(H2,11,12)(H,13,14);1-3H,4H2,(H2,10,11)(H,12,13). The van der Waals surface area contributed by atoms with Gasteiger partial charge in [-0.2, -0.15) is 0 Å². The number of carboxylic acid groups (broad SMARTS) is 2. The number of thiophene rings is 3. The number of carbonyl (C=O) groups excluding carboxylic acids is 3. The number of aliphatic carboxylic acids is 2. The van der Waals surface area contributed by atoms with Crippen molar-refractivity contribution in [2.45, 2.75) is 98.7 Å². The van der Waals surface area contributed by atoms with E-state index in [-0.39, 0.29) is 43.0 Å². The predicted molar refractivity (Wildman–Crippen MR) is 302 cm³/mol. The summed E-state index contributed by atoms with van der Waals surface area (Å²) >= 11 is 7.76. The minimum atomic E-state index is -0.953. The Labute approximate surface area is 452 Å². The number of nitrogens with one attached hydrogen (secondary N) is 3. The second-order valence-electron chi connectivity index (χ2n) is 17.9. The summed E-state index contributed by atoms with van der Waals surface area (Å²) in [6.45, 7) is 17.9. The lowest BCUT2D eigenvalue weighted by Crippen LogP contribution is -2.34. The third-order valence-electron chi connectivity index (χ3n) is 9.08. The molecule has 3 aromatic heterocycles. The highest BCUT2D eigenvalue weighted by molar-refractivity contribution is 9.11. The molecule has 0 aliphatic carbocycles. The molecule has 23 heteroatoms. The highest BCUT2D eigenvalue weighted by atomic mass is 79.9. The van der Waals surface area contributed by atoms with Crippen molar-refractivity contribution in [3.05, 3.63) is 64.1 Å². The summed E-state index contributed by atoms with van der Waals surface area (Å²) < 4.78 is 11.1. The first kappa shape index (κ1) is 61.5. The molecule has 0 unspecified atom stereocenters. The van der Waals surface area contributed by atoms with Crippen molar-refractivity contribution in [2.75, 3.05) is 39.3 Å². The first-order valence-corrected chi connectivity index (χ1v) is 26.6. The van der Waals surface area contributed by atoms with Crippen molar-refractivity contribution in [3.63, 3.8) is 0 Å². The number of carboxylic acids is 2. The van der Waals surface area contributed by atoms with Crippen LogP contribution in [0.2, 0.25) is 0 Å². The minimum absolute atomic E-state index is 0.0966. The Hall–Kier alpha value is -6.76. The van der Waals surface area contributed by atoms with Crippen LogP contribution >= 0.6 is 49.9 Å². The fourth-order valence-corrected chi connectivity index (χ4v) is 9.15. The number of hydrogen-bond donors (Lipinski definition) is 8. The molecule has 3 aromatic rings. The molecule has 0 fully saturated rings. The van der Waals surface area contributed by atoms with E-state index in [1.807, 2.05) is 62.7 Å². The molecule has 0 saturated heterocycles. The van der Waals surface area contributed by atoms with Gasteiger partial charge in [0.2, 0.25) is 0 Å². The van der Waals surface area contributed by atoms with Crippen molar-refractivity contribution < 1.29 is 43.7 Å². The van der Waals surface area contributed by atoms with Crippen molar-refractivity contribution in [1.82, 2.24) is 20.9 Å². The maximum atomic E-state index is 13.0. The van der Waals surface area contributed by atoms with E-state index in [2.05, 4.69) is 77.5 Å². The maximum Gasteiger partial charge on any atom is 0.408 e. The number of halogens is 1. The van der Waals surface area contributed by atoms with Gasteiger partial charge in [0.15, 0.2) is 0 Å². The Kier molecular flexibility index (Phi) is 25.3. The van der Waals surface area contributed by atoms with Gasteiger partial charge < -0.3 is 57.7 Å². The molecule has 398 valence electrons. The summed E-state index contributed by atoms with van der Waals surface area (Å²) in [7, 11) is 0. The van der Waals surface area contributed by atoms with Crippen LogP contribution in [0.5, 0.6) is 0 Å². The van der Waals surface area contributed by atoms with E-state index < -0.39 is 35.3 Å². The molecule has 19 nitrogen and oxygen atoms in total. The number of nitrogens with two attached hydrogens (primary N) is 3. The Morgan fingerprint density at radius 3 is 1.59 bits per heavy atom. The summed E-state index contributed by atoms with van der Waals surface area (Å²) in [6.07, 6.45) is 6.79. The van der Waals surface area contributed by atoms with Gasteiger partial charge in [0, 0.05) is 42.5 Å². The quantitative estimate of drug-likeness (QED) is 0.0659. The highest BCUT2D eigenvalue weighted by Gasteiger charge is 2.22. The number of rotatable bonds is 11. The maximum absolute atomic E-state index is 13.0. The monoisotopic (exact) mass is 1140 g/mol. The van der Waals surface area contributed by atoms with E-state index in [9.17, 15) is 24.0 Å². The summed E-state index contributed by atoms with van der Waals surface area (Å²) in [6, 6.07) is 5.55. The van der Waals surface area contributed by atoms with E-state index in [1.54, 1.807) is 37.8 Å². The minimum Gasteiger partial charge on any atom is -0.478 e. The fraction of sp³-hybridized carbons (Fsp3) is 0.412.